The molecule has 0 unspecified atom stereocenters. The fourth-order valence-electron chi connectivity index (χ4n) is 1.92. The number of hydrogen-bond acceptors (Lipinski definition) is 4. The lowest BCUT2D eigenvalue weighted by atomic mass is 10.2. The Balaban J connectivity index is 1.85. The monoisotopic (exact) mass is 292 g/mol. The van der Waals surface area contributed by atoms with Crippen molar-refractivity contribution in [1.29, 1.82) is 0 Å². The first-order valence-corrected chi connectivity index (χ1v) is 6.54. The maximum Gasteiger partial charge on any atom is 0.354 e. The number of carboxylic acid groups (broad SMARTS) is 1. The maximum atomic E-state index is 12.0. The van der Waals surface area contributed by atoms with Gasteiger partial charge in [0.1, 0.15) is 5.69 Å². The van der Waals surface area contributed by atoms with Gasteiger partial charge in [0.15, 0.2) is 0 Å². The Hall–Kier alpha value is -2.64. The van der Waals surface area contributed by atoms with E-state index in [9.17, 15) is 14.4 Å². The molecule has 1 aliphatic heterocycles. The molecule has 3 N–H and O–H groups in total. The first kappa shape index (κ1) is 14.8. The van der Waals surface area contributed by atoms with Gasteiger partial charge in [0, 0.05) is 38.8 Å². The van der Waals surface area contributed by atoms with Crippen LogP contribution in [0.5, 0.6) is 0 Å². The minimum atomic E-state index is -1.09. The molecular weight excluding hydrogens is 276 g/mol. The molecule has 1 fully saturated rings. The Morgan fingerprint density at radius 1 is 1.38 bits per heavy atom. The molecule has 0 spiro atoms. The van der Waals surface area contributed by atoms with Crippen LogP contribution < -0.4 is 10.6 Å². The molecule has 3 amide bonds. The molecule has 1 aromatic rings. The van der Waals surface area contributed by atoms with Gasteiger partial charge in [0.05, 0.1) is 0 Å². The van der Waals surface area contributed by atoms with Crippen LogP contribution in [0, 0.1) is 0 Å². The third kappa shape index (κ3) is 4.16. The topological polar surface area (TPSA) is 112 Å². The fraction of sp³-hybridized carbons (Fsp3) is 0.385. The van der Waals surface area contributed by atoms with Gasteiger partial charge in [-0.05, 0) is 11.6 Å². The number of rotatable bonds is 3. The van der Waals surface area contributed by atoms with Crippen LogP contribution in [0.2, 0.25) is 0 Å². The molecule has 0 aliphatic carbocycles. The van der Waals surface area contributed by atoms with Crippen molar-refractivity contribution >= 4 is 17.9 Å². The molecule has 1 aromatic heterocycles. The largest absolute Gasteiger partial charge is 0.477 e. The van der Waals surface area contributed by atoms with Crippen LogP contribution in [0.15, 0.2) is 18.3 Å². The zero-order valence-electron chi connectivity index (χ0n) is 11.3. The molecule has 8 heteroatoms. The van der Waals surface area contributed by atoms with Crippen molar-refractivity contribution in [3.8, 4) is 0 Å². The molecule has 1 saturated heterocycles. The van der Waals surface area contributed by atoms with Crippen LogP contribution in [0.1, 0.15) is 22.5 Å². The van der Waals surface area contributed by atoms with E-state index in [2.05, 4.69) is 15.6 Å². The number of carbonyl (C=O) groups excluding carboxylic acids is 2. The van der Waals surface area contributed by atoms with Gasteiger partial charge < -0.3 is 20.6 Å². The minimum absolute atomic E-state index is 0.0396. The molecular formula is C13H16N4O4. The van der Waals surface area contributed by atoms with E-state index in [1.165, 1.54) is 12.3 Å². The summed E-state index contributed by atoms with van der Waals surface area (Å²) in [6.07, 6.45) is 1.71. The second-order valence-electron chi connectivity index (χ2n) is 4.60. The first-order chi connectivity index (χ1) is 10.1. The van der Waals surface area contributed by atoms with Crippen molar-refractivity contribution in [2.45, 2.75) is 13.0 Å². The predicted molar refractivity (Wildman–Crippen MR) is 72.6 cm³/mol. The highest BCUT2D eigenvalue weighted by Gasteiger charge is 2.17. The van der Waals surface area contributed by atoms with Gasteiger partial charge in [-0.25, -0.2) is 14.6 Å². The second kappa shape index (κ2) is 6.69. The van der Waals surface area contributed by atoms with Crippen LogP contribution >= 0.6 is 0 Å². The van der Waals surface area contributed by atoms with Crippen LogP contribution in [-0.2, 0) is 11.3 Å². The summed E-state index contributed by atoms with van der Waals surface area (Å²) in [6.45, 7) is 1.55. The van der Waals surface area contributed by atoms with Gasteiger partial charge in [0.25, 0.3) is 0 Å². The quantitative estimate of drug-likeness (QED) is 0.715. The number of nitrogens with one attached hydrogen (secondary N) is 2. The summed E-state index contributed by atoms with van der Waals surface area (Å²) in [6, 6.07) is 2.73. The maximum absolute atomic E-state index is 12.0. The van der Waals surface area contributed by atoms with Gasteiger partial charge in [0.2, 0.25) is 5.91 Å². The minimum Gasteiger partial charge on any atom is -0.477 e. The normalized spacial score (nSPS) is 15.0. The first-order valence-electron chi connectivity index (χ1n) is 6.54. The summed E-state index contributed by atoms with van der Waals surface area (Å²) < 4.78 is 0. The van der Waals surface area contributed by atoms with E-state index in [1.54, 1.807) is 11.0 Å². The summed E-state index contributed by atoms with van der Waals surface area (Å²) >= 11 is 0. The lowest BCUT2D eigenvalue weighted by Gasteiger charge is -2.20. The SMILES string of the molecule is O=C1CCN(C(=O)NCc2ccc(C(=O)O)nc2)CCN1. The van der Waals surface area contributed by atoms with Gasteiger partial charge in [-0.3, -0.25) is 4.79 Å². The van der Waals surface area contributed by atoms with Crippen molar-refractivity contribution in [3.63, 3.8) is 0 Å². The Bertz CT molecular complexity index is 544. The number of hydrogen-bond donors (Lipinski definition) is 3. The van der Waals surface area contributed by atoms with E-state index >= 15 is 0 Å². The molecule has 2 heterocycles. The summed E-state index contributed by atoms with van der Waals surface area (Å²) in [7, 11) is 0. The van der Waals surface area contributed by atoms with Crippen molar-refractivity contribution in [3.05, 3.63) is 29.6 Å². The Kier molecular flexibility index (Phi) is 4.70. The summed E-state index contributed by atoms with van der Waals surface area (Å²) in [5.41, 5.74) is 0.666. The van der Waals surface area contributed by atoms with Crippen LogP contribution in [0.3, 0.4) is 0 Å². The number of carboxylic acids is 1. The molecule has 0 radical (unpaired) electrons. The lowest BCUT2D eigenvalue weighted by molar-refractivity contribution is -0.120. The molecule has 1 aliphatic rings. The summed E-state index contributed by atoms with van der Waals surface area (Å²) in [5.74, 6) is -1.15. The standard InChI is InChI=1S/C13H16N4O4/c18-11-3-5-17(6-4-14-11)13(21)16-8-9-1-2-10(12(19)20)15-7-9/h1-2,7H,3-6,8H2,(H,14,18)(H,16,21)(H,19,20). The number of pyridine rings is 1. The van der Waals surface area contributed by atoms with E-state index in [-0.39, 0.29) is 24.2 Å². The van der Waals surface area contributed by atoms with Crippen molar-refractivity contribution in [2.75, 3.05) is 19.6 Å². The highest BCUT2D eigenvalue weighted by Crippen LogP contribution is 2.02. The molecule has 8 nitrogen and oxygen atoms in total. The zero-order chi connectivity index (χ0) is 15.2. The number of carbonyl (C=O) groups is 3. The molecule has 0 saturated carbocycles. The average Bonchev–Trinajstić information content (AvgIpc) is 2.70. The average molecular weight is 292 g/mol. The van der Waals surface area contributed by atoms with Crippen LogP contribution in [0.4, 0.5) is 4.79 Å². The summed E-state index contributed by atoms with van der Waals surface area (Å²) in [5, 5.41) is 14.2. The van der Waals surface area contributed by atoms with E-state index in [0.29, 0.717) is 31.6 Å². The van der Waals surface area contributed by atoms with E-state index in [4.69, 9.17) is 5.11 Å². The number of urea groups is 1. The van der Waals surface area contributed by atoms with Crippen LogP contribution in [-0.4, -0.2) is 52.5 Å². The van der Waals surface area contributed by atoms with Gasteiger partial charge in [-0.2, -0.15) is 0 Å². The molecule has 0 aromatic carbocycles. The Morgan fingerprint density at radius 3 is 2.86 bits per heavy atom. The smallest absolute Gasteiger partial charge is 0.354 e. The Labute approximate surface area is 121 Å². The van der Waals surface area contributed by atoms with E-state index < -0.39 is 5.97 Å². The molecule has 0 bridgehead atoms. The highest BCUT2D eigenvalue weighted by atomic mass is 16.4. The van der Waals surface area contributed by atoms with Crippen molar-refractivity contribution in [1.82, 2.24) is 20.5 Å². The number of nitrogens with zero attached hydrogens (tertiary/aromatic N) is 2. The van der Waals surface area contributed by atoms with Gasteiger partial charge in [-0.1, -0.05) is 6.07 Å². The zero-order valence-corrected chi connectivity index (χ0v) is 11.3. The Morgan fingerprint density at radius 2 is 2.19 bits per heavy atom. The predicted octanol–water partition coefficient (Wildman–Crippen LogP) is -0.189. The number of amides is 3. The van der Waals surface area contributed by atoms with Gasteiger partial charge in [-0.15, -0.1) is 0 Å². The van der Waals surface area contributed by atoms with E-state index in [0.717, 1.165) is 0 Å². The van der Waals surface area contributed by atoms with Gasteiger partial charge >= 0.3 is 12.0 Å². The molecule has 112 valence electrons. The summed E-state index contributed by atoms with van der Waals surface area (Å²) in [4.78, 5) is 39.2. The number of aromatic nitrogens is 1. The fourth-order valence-corrected chi connectivity index (χ4v) is 1.92. The van der Waals surface area contributed by atoms with Crippen LogP contribution in [0.25, 0.3) is 0 Å². The highest BCUT2D eigenvalue weighted by molar-refractivity contribution is 5.85. The molecule has 2 rings (SSSR count). The third-order valence-corrected chi connectivity index (χ3v) is 3.09. The number of aromatic carboxylic acids is 1. The molecule has 21 heavy (non-hydrogen) atoms. The van der Waals surface area contributed by atoms with Crippen molar-refractivity contribution < 1.29 is 19.5 Å². The lowest BCUT2D eigenvalue weighted by Crippen LogP contribution is -2.41. The third-order valence-electron chi connectivity index (χ3n) is 3.09. The molecule has 0 atom stereocenters. The van der Waals surface area contributed by atoms with E-state index in [1.807, 2.05) is 0 Å². The van der Waals surface area contributed by atoms with Crippen molar-refractivity contribution in [2.24, 2.45) is 0 Å². The second-order valence-corrected chi connectivity index (χ2v) is 4.60.